The second-order valence-corrected chi connectivity index (χ2v) is 19.1. The highest BCUT2D eigenvalue weighted by atomic mass is 16.6. The molecule has 0 heterocycles. The van der Waals surface area contributed by atoms with E-state index in [1.807, 2.05) is 0 Å². The third kappa shape index (κ3) is 47.3. The van der Waals surface area contributed by atoms with Crippen molar-refractivity contribution in [3.05, 3.63) is 0 Å². The zero-order valence-electron chi connectivity index (χ0n) is 40.4. The van der Waals surface area contributed by atoms with E-state index in [9.17, 15) is 14.4 Å². The van der Waals surface area contributed by atoms with Gasteiger partial charge in [0, 0.05) is 19.3 Å². The number of carbonyl (C=O) groups is 3. The van der Waals surface area contributed by atoms with E-state index < -0.39 is 6.10 Å². The summed E-state index contributed by atoms with van der Waals surface area (Å²) < 4.78 is 16.8. The Hall–Kier alpha value is -1.59. The number of unbranched alkanes of at least 4 members (excludes halogenated alkanes) is 32. The molecule has 0 aliphatic heterocycles. The summed E-state index contributed by atoms with van der Waals surface area (Å²) in [7, 11) is 0. The first kappa shape index (κ1) is 57.4. The molecule has 0 aliphatic rings. The Morgan fingerprint density at radius 1 is 0.322 bits per heavy atom. The number of rotatable bonds is 47. The second-order valence-electron chi connectivity index (χ2n) is 19.1. The molecule has 350 valence electrons. The van der Waals surface area contributed by atoms with Crippen molar-refractivity contribution in [1.82, 2.24) is 0 Å². The molecule has 1 atom stereocenters. The standard InChI is InChI=1S/C53H102O6/c1-6-7-8-9-10-21-30-35-40-45-53(56)59-50(47-58-52(55)44-39-34-29-25-24-27-32-37-42-49(4)5)46-57-51(54)43-38-33-28-23-20-18-16-14-12-11-13-15-17-19-22-26-31-36-41-48(2)3/h48-50H,6-47H2,1-5H3/t50-/m1/s1. The Kier molecular flexibility index (Phi) is 44.7. The quantitative estimate of drug-likeness (QED) is 0.0345. The second kappa shape index (κ2) is 45.9. The van der Waals surface area contributed by atoms with Crippen molar-refractivity contribution in [2.45, 2.75) is 298 Å². The average molecular weight is 835 g/mol. The Morgan fingerprint density at radius 3 is 0.831 bits per heavy atom. The maximum absolute atomic E-state index is 12.7. The van der Waals surface area contributed by atoms with Gasteiger partial charge in [-0.2, -0.15) is 0 Å². The molecule has 0 unspecified atom stereocenters. The molecule has 0 radical (unpaired) electrons. The first-order valence-electron chi connectivity index (χ1n) is 26.2. The van der Waals surface area contributed by atoms with Crippen LogP contribution in [0.25, 0.3) is 0 Å². The van der Waals surface area contributed by atoms with E-state index in [4.69, 9.17) is 14.2 Å². The number of carbonyl (C=O) groups excluding carboxylic acids is 3. The van der Waals surface area contributed by atoms with Gasteiger partial charge in [-0.1, -0.05) is 253 Å². The number of esters is 3. The van der Waals surface area contributed by atoms with Crippen LogP contribution in [0.4, 0.5) is 0 Å². The van der Waals surface area contributed by atoms with Crippen LogP contribution in [0.5, 0.6) is 0 Å². The molecule has 0 aromatic rings. The van der Waals surface area contributed by atoms with Crippen LogP contribution in [0.3, 0.4) is 0 Å². The molecule has 0 amide bonds. The summed E-state index contributed by atoms with van der Waals surface area (Å²) in [6.45, 7) is 11.3. The molecule has 6 nitrogen and oxygen atoms in total. The van der Waals surface area contributed by atoms with E-state index in [0.29, 0.717) is 19.3 Å². The third-order valence-electron chi connectivity index (χ3n) is 12.0. The fourth-order valence-corrected chi connectivity index (χ4v) is 7.99. The van der Waals surface area contributed by atoms with Gasteiger partial charge in [-0.05, 0) is 31.1 Å². The lowest BCUT2D eigenvalue weighted by Gasteiger charge is -2.18. The van der Waals surface area contributed by atoms with Crippen LogP contribution in [0, 0.1) is 11.8 Å². The van der Waals surface area contributed by atoms with Crippen LogP contribution in [0.2, 0.25) is 0 Å². The van der Waals surface area contributed by atoms with Crippen molar-refractivity contribution >= 4 is 17.9 Å². The molecular weight excluding hydrogens is 733 g/mol. The third-order valence-corrected chi connectivity index (χ3v) is 12.0. The van der Waals surface area contributed by atoms with E-state index in [1.165, 1.54) is 180 Å². The van der Waals surface area contributed by atoms with Crippen LogP contribution < -0.4 is 0 Å². The van der Waals surface area contributed by atoms with E-state index in [0.717, 1.165) is 69.6 Å². The fourth-order valence-electron chi connectivity index (χ4n) is 7.99. The highest BCUT2D eigenvalue weighted by Crippen LogP contribution is 2.17. The minimum absolute atomic E-state index is 0.0640. The normalized spacial score (nSPS) is 12.1. The van der Waals surface area contributed by atoms with Gasteiger partial charge in [-0.15, -0.1) is 0 Å². The fraction of sp³-hybridized carbons (Fsp3) is 0.943. The largest absolute Gasteiger partial charge is 0.462 e. The van der Waals surface area contributed by atoms with E-state index in [1.54, 1.807) is 0 Å². The van der Waals surface area contributed by atoms with Gasteiger partial charge in [0.25, 0.3) is 0 Å². The highest BCUT2D eigenvalue weighted by molar-refractivity contribution is 5.71. The number of hydrogen-bond acceptors (Lipinski definition) is 6. The summed E-state index contributed by atoms with van der Waals surface area (Å²) in [5.74, 6) is 0.803. The molecule has 0 saturated carbocycles. The lowest BCUT2D eigenvalue weighted by atomic mass is 10.0. The van der Waals surface area contributed by atoms with Crippen LogP contribution in [0.15, 0.2) is 0 Å². The van der Waals surface area contributed by atoms with E-state index in [-0.39, 0.29) is 31.1 Å². The molecule has 0 aromatic heterocycles. The number of ether oxygens (including phenoxy) is 3. The van der Waals surface area contributed by atoms with E-state index >= 15 is 0 Å². The van der Waals surface area contributed by atoms with E-state index in [2.05, 4.69) is 34.6 Å². The van der Waals surface area contributed by atoms with Crippen LogP contribution >= 0.6 is 0 Å². The Labute approximate surface area is 368 Å². The van der Waals surface area contributed by atoms with Gasteiger partial charge in [0.2, 0.25) is 0 Å². The molecule has 0 spiro atoms. The Balaban J connectivity index is 4.15. The molecular formula is C53H102O6. The lowest BCUT2D eigenvalue weighted by Crippen LogP contribution is -2.30. The van der Waals surface area contributed by atoms with Gasteiger partial charge >= 0.3 is 17.9 Å². The summed E-state index contributed by atoms with van der Waals surface area (Å²) in [5.41, 5.74) is 0. The van der Waals surface area contributed by atoms with Gasteiger partial charge in [-0.25, -0.2) is 0 Å². The van der Waals surface area contributed by atoms with Crippen LogP contribution in [-0.4, -0.2) is 37.2 Å². The molecule has 6 heteroatoms. The van der Waals surface area contributed by atoms with Crippen molar-refractivity contribution in [3.8, 4) is 0 Å². The Morgan fingerprint density at radius 2 is 0.559 bits per heavy atom. The average Bonchev–Trinajstić information content (AvgIpc) is 3.20. The number of hydrogen-bond donors (Lipinski definition) is 0. The molecule has 0 N–H and O–H groups in total. The predicted molar refractivity (Wildman–Crippen MR) is 252 cm³/mol. The SMILES string of the molecule is CCCCCCCCCCCC(=O)O[C@H](COC(=O)CCCCCCCCCCCCCCCCCCCCC(C)C)COC(=O)CCCCCCCCCCC(C)C. The molecule has 0 fully saturated rings. The van der Waals surface area contributed by atoms with Crippen molar-refractivity contribution < 1.29 is 28.6 Å². The maximum Gasteiger partial charge on any atom is 0.306 e. The molecule has 0 saturated heterocycles. The first-order chi connectivity index (χ1) is 28.7. The smallest absolute Gasteiger partial charge is 0.306 e. The van der Waals surface area contributed by atoms with Crippen molar-refractivity contribution in [2.75, 3.05) is 13.2 Å². The zero-order valence-corrected chi connectivity index (χ0v) is 40.4. The maximum atomic E-state index is 12.7. The van der Waals surface area contributed by atoms with Crippen molar-refractivity contribution in [1.29, 1.82) is 0 Å². The molecule has 59 heavy (non-hydrogen) atoms. The van der Waals surface area contributed by atoms with Crippen LogP contribution in [0.1, 0.15) is 291 Å². The van der Waals surface area contributed by atoms with Gasteiger partial charge in [0.1, 0.15) is 13.2 Å². The molecule has 0 aliphatic carbocycles. The van der Waals surface area contributed by atoms with Crippen molar-refractivity contribution in [2.24, 2.45) is 11.8 Å². The molecule has 0 bridgehead atoms. The summed E-state index contributed by atoms with van der Waals surface area (Å²) in [4.78, 5) is 37.8. The zero-order chi connectivity index (χ0) is 43.3. The first-order valence-corrected chi connectivity index (χ1v) is 26.2. The minimum Gasteiger partial charge on any atom is -0.462 e. The Bertz CT molecular complexity index is 900. The molecule has 0 aromatic carbocycles. The van der Waals surface area contributed by atoms with Gasteiger partial charge in [0.15, 0.2) is 6.10 Å². The summed E-state index contributed by atoms with van der Waals surface area (Å²) in [5, 5.41) is 0. The highest BCUT2D eigenvalue weighted by Gasteiger charge is 2.19. The minimum atomic E-state index is -0.760. The van der Waals surface area contributed by atoms with Gasteiger partial charge < -0.3 is 14.2 Å². The lowest BCUT2D eigenvalue weighted by molar-refractivity contribution is -0.167. The molecule has 0 rings (SSSR count). The van der Waals surface area contributed by atoms with Gasteiger partial charge in [-0.3, -0.25) is 14.4 Å². The predicted octanol–water partition coefficient (Wildman–Crippen LogP) is 16.9. The van der Waals surface area contributed by atoms with Gasteiger partial charge in [0.05, 0.1) is 0 Å². The van der Waals surface area contributed by atoms with Crippen LogP contribution in [-0.2, 0) is 28.6 Å². The summed E-state index contributed by atoms with van der Waals surface area (Å²) in [6, 6.07) is 0. The summed E-state index contributed by atoms with van der Waals surface area (Å²) in [6.07, 6.45) is 46.8. The summed E-state index contributed by atoms with van der Waals surface area (Å²) >= 11 is 0. The van der Waals surface area contributed by atoms with Crippen molar-refractivity contribution in [3.63, 3.8) is 0 Å². The monoisotopic (exact) mass is 835 g/mol. The topological polar surface area (TPSA) is 78.9 Å².